The zero-order valence-electron chi connectivity index (χ0n) is 24.4. The summed E-state index contributed by atoms with van der Waals surface area (Å²) in [6, 6.07) is 0. The van der Waals surface area contributed by atoms with E-state index < -0.39 is 0 Å². The van der Waals surface area contributed by atoms with Crippen LogP contribution in [0.5, 0.6) is 0 Å². The normalized spacial score (nSPS) is 15.5. The highest BCUT2D eigenvalue weighted by atomic mass is 16.5. The van der Waals surface area contributed by atoms with Gasteiger partial charge in [-0.05, 0) is 39.5 Å². The first-order chi connectivity index (χ1) is 15.9. The molecule has 0 radical (unpaired) electrons. The number of ether oxygens (including phenoxy) is 1. The molecule has 0 amide bonds. The molecule has 0 aromatic carbocycles. The van der Waals surface area contributed by atoms with Crippen molar-refractivity contribution in [2.24, 2.45) is 0 Å². The van der Waals surface area contributed by atoms with Gasteiger partial charge in [0.05, 0.1) is 11.2 Å². The van der Waals surface area contributed by atoms with Crippen LogP contribution in [0.15, 0.2) is 0 Å². The number of unbranched alkanes of at least 4 members (excludes halogenated alkanes) is 18. The summed E-state index contributed by atoms with van der Waals surface area (Å²) < 4.78 is 6.89. The molecular formula is C32H66O. The van der Waals surface area contributed by atoms with E-state index in [1.165, 1.54) is 141 Å². The smallest absolute Gasteiger partial charge is 0.0659 e. The van der Waals surface area contributed by atoms with Crippen molar-refractivity contribution in [3.8, 4) is 0 Å². The van der Waals surface area contributed by atoms with Crippen LogP contribution in [0, 0.1) is 0 Å². The predicted octanol–water partition coefficient (Wildman–Crippen LogP) is 12.0. The summed E-state index contributed by atoms with van der Waals surface area (Å²) in [6.07, 6.45) is 33.0. The Bertz CT molecular complexity index is 356. The molecule has 0 saturated heterocycles. The van der Waals surface area contributed by atoms with Gasteiger partial charge in [-0.2, -0.15) is 0 Å². The molecule has 0 aromatic heterocycles. The van der Waals surface area contributed by atoms with Crippen LogP contribution in [0.2, 0.25) is 0 Å². The monoisotopic (exact) mass is 467 g/mol. The van der Waals surface area contributed by atoms with Crippen molar-refractivity contribution in [2.45, 2.75) is 207 Å². The van der Waals surface area contributed by atoms with Crippen molar-refractivity contribution >= 4 is 0 Å². The third-order valence-corrected chi connectivity index (χ3v) is 8.11. The molecule has 2 atom stereocenters. The van der Waals surface area contributed by atoms with Gasteiger partial charge in [0, 0.05) is 0 Å². The van der Waals surface area contributed by atoms with Crippen LogP contribution in [0.1, 0.15) is 196 Å². The Balaban J connectivity index is 3.97. The van der Waals surface area contributed by atoms with E-state index in [1.54, 1.807) is 0 Å². The summed E-state index contributed by atoms with van der Waals surface area (Å²) in [7, 11) is 0. The van der Waals surface area contributed by atoms with Crippen molar-refractivity contribution in [3.05, 3.63) is 0 Å². The van der Waals surface area contributed by atoms with Gasteiger partial charge >= 0.3 is 0 Å². The molecule has 0 aliphatic rings. The van der Waals surface area contributed by atoms with Gasteiger partial charge in [0.2, 0.25) is 0 Å². The van der Waals surface area contributed by atoms with Gasteiger partial charge in [0.1, 0.15) is 0 Å². The van der Waals surface area contributed by atoms with Gasteiger partial charge in [-0.15, -0.1) is 0 Å². The summed E-state index contributed by atoms with van der Waals surface area (Å²) in [5, 5.41) is 0. The van der Waals surface area contributed by atoms with Gasteiger partial charge in [-0.25, -0.2) is 0 Å². The number of hydrogen-bond donors (Lipinski definition) is 0. The van der Waals surface area contributed by atoms with Crippen LogP contribution in [0.3, 0.4) is 0 Å². The van der Waals surface area contributed by atoms with E-state index in [9.17, 15) is 0 Å². The maximum Gasteiger partial charge on any atom is 0.0659 e. The van der Waals surface area contributed by atoms with Crippen LogP contribution in [-0.2, 0) is 4.74 Å². The average Bonchev–Trinajstić information content (AvgIpc) is 2.81. The Morgan fingerprint density at radius 3 is 0.848 bits per heavy atom. The molecule has 0 bridgehead atoms. The Morgan fingerprint density at radius 2 is 0.606 bits per heavy atom. The van der Waals surface area contributed by atoms with E-state index in [0.717, 1.165) is 12.8 Å². The minimum atomic E-state index is 0.0589. The van der Waals surface area contributed by atoms with Gasteiger partial charge in [0.15, 0.2) is 0 Å². The van der Waals surface area contributed by atoms with Crippen molar-refractivity contribution in [3.63, 3.8) is 0 Å². The first-order valence-corrected chi connectivity index (χ1v) is 15.7. The molecule has 0 spiro atoms. The second kappa shape index (κ2) is 22.4. The molecular weight excluding hydrogens is 400 g/mol. The topological polar surface area (TPSA) is 9.23 Å². The van der Waals surface area contributed by atoms with E-state index in [0.29, 0.717) is 0 Å². The zero-order valence-corrected chi connectivity index (χ0v) is 24.4. The third kappa shape index (κ3) is 19.9. The number of hydrogen-bond acceptors (Lipinski definition) is 1. The van der Waals surface area contributed by atoms with Gasteiger partial charge in [-0.3, -0.25) is 0 Å². The average molecular weight is 467 g/mol. The molecule has 1 heteroatoms. The molecule has 0 heterocycles. The van der Waals surface area contributed by atoms with Crippen LogP contribution >= 0.6 is 0 Å². The SMILES string of the molecule is CCCCCCCCCCCCC(C)(CC)OC(C)(CC)CCCCCCCCCCCC. The molecule has 0 N–H and O–H groups in total. The fourth-order valence-electron chi connectivity index (χ4n) is 5.17. The van der Waals surface area contributed by atoms with Crippen molar-refractivity contribution in [2.75, 3.05) is 0 Å². The highest BCUT2D eigenvalue weighted by Crippen LogP contribution is 2.34. The molecule has 0 fully saturated rings. The largest absolute Gasteiger partial charge is 0.369 e. The maximum absolute atomic E-state index is 6.89. The highest BCUT2D eigenvalue weighted by molar-refractivity contribution is 4.82. The molecule has 0 rings (SSSR count). The summed E-state index contributed by atoms with van der Waals surface area (Å²) in [5.41, 5.74) is 0.118. The van der Waals surface area contributed by atoms with Crippen molar-refractivity contribution in [1.82, 2.24) is 0 Å². The molecule has 33 heavy (non-hydrogen) atoms. The van der Waals surface area contributed by atoms with Gasteiger partial charge in [-0.1, -0.05) is 156 Å². The van der Waals surface area contributed by atoms with E-state index >= 15 is 0 Å². The molecule has 200 valence electrons. The third-order valence-electron chi connectivity index (χ3n) is 8.11. The highest BCUT2D eigenvalue weighted by Gasteiger charge is 2.33. The van der Waals surface area contributed by atoms with Crippen molar-refractivity contribution in [1.29, 1.82) is 0 Å². The molecule has 0 aliphatic carbocycles. The maximum atomic E-state index is 6.89. The first kappa shape index (κ1) is 33.0. The predicted molar refractivity (Wildman–Crippen MR) is 151 cm³/mol. The minimum Gasteiger partial charge on any atom is -0.369 e. The molecule has 0 saturated carbocycles. The van der Waals surface area contributed by atoms with Crippen LogP contribution in [0.4, 0.5) is 0 Å². The standard InChI is InChI=1S/C32H66O/c1-7-11-13-15-17-19-21-23-25-27-29-31(5,9-3)33-32(6,10-4)30-28-26-24-22-20-18-16-14-12-8-2/h7-30H2,1-6H3. The van der Waals surface area contributed by atoms with E-state index in [-0.39, 0.29) is 11.2 Å². The lowest BCUT2D eigenvalue weighted by molar-refractivity contribution is -0.152. The van der Waals surface area contributed by atoms with Crippen LogP contribution in [-0.4, -0.2) is 11.2 Å². The quantitative estimate of drug-likeness (QED) is 0.115. The Hall–Kier alpha value is -0.0400. The summed E-state index contributed by atoms with van der Waals surface area (Å²) in [5.74, 6) is 0. The second-order valence-corrected chi connectivity index (χ2v) is 11.6. The van der Waals surface area contributed by atoms with Crippen LogP contribution in [0.25, 0.3) is 0 Å². The second-order valence-electron chi connectivity index (χ2n) is 11.6. The zero-order chi connectivity index (χ0) is 24.7. The fraction of sp³-hybridized carbons (Fsp3) is 1.00. The van der Waals surface area contributed by atoms with E-state index in [2.05, 4.69) is 41.5 Å². The Morgan fingerprint density at radius 1 is 0.364 bits per heavy atom. The molecule has 0 aliphatic heterocycles. The van der Waals surface area contributed by atoms with E-state index in [1.807, 2.05) is 0 Å². The summed E-state index contributed by atoms with van der Waals surface area (Å²) in [6.45, 7) is 14.0. The summed E-state index contributed by atoms with van der Waals surface area (Å²) in [4.78, 5) is 0. The Labute approximate surface area is 211 Å². The lowest BCUT2D eigenvalue weighted by Crippen LogP contribution is -2.40. The molecule has 0 aromatic rings. The molecule has 1 nitrogen and oxygen atoms in total. The lowest BCUT2D eigenvalue weighted by Gasteiger charge is -2.40. The lowest BCUT2D eigenvalue weighted by atomic mass is 9.89. The van der Waals surface area contributed by atoms with Gasteiger partial charge in [0.25, 0.3) is 0 Å². The molecule has 2 unspecified atom stereocenters. The summed E-state index contributed by atoms with van der Waals surface area (Å²) >= 11 is 0. The van der Waals surface area contributed by atoms with Crippen molar-refractivity contribution < 1.29 is 4.74 Å². The fourth-order valence-corrected chi connectivity index (χ4v) is 5.17. The number of rotatable bonds is 26. The van der Waals surface area contributed by atoms with E-state index in [4.69, 9.17) is 4.74 Å². The first-order valence-electron chi connectivity index (χ1n) is 15.7. The van der Waals surface area contributed by atoms with Gasteiger partial charge < -0.3 is 4.74 Å². The minimum absolute atomic E-state index is 0.0589. The van der Waals surface area contributed by atoms with Crippen LogP contribution < -0.4 is 0 Å². The Kier molecular flexibility index (Phi) is 22.4.